The van der Waals surface area contributed by atoms with Crippen molar-refractivity contribution in [1.82, 2.24) is 9.38 Å². The van der Waals surface area contributed by atoms with Gasteiger partial charge in [0.25, 0.3) is 0 Å². The molecular formula is C17H20N4O. The van der Waals surface area contributed by atoms with Crippen LogP contribution in [0.25, 0.3) is 5.65 Å². The van der Waals surface area contributed by atoms with E-state index in [2.05, 4.69) is 22.0 Å². The van der Waals surface area contributed by atoms with Crippen LogP contribution in [-0.4, -0.2) is 27.6 Å². The number of benzene rings is 1. The van der Waals surface area contributed by atoms with E-state index in [4.69, 9.17) is 5.73 Å². The third-order valence-electron chi connectivity index (χ3n) is 3.65. The summed E-state index contributed by atoms with van der Waals surface area (Å²) in [6, 6.07) is 14.2. The third-order valence-corrected chi connectivity index (χ3v) is 3.65. The molecule has 0 saturated carbocycles. The summed E-state index contributed by atoms with van der Waals surface area (Å²) >= 11 is 0. The Bertz CT molecular complexity index is 739. The number of anilines is 1. The van der Waals surface area contributed by atoms with Crippen LogP contribution in [0.15, 0.2) is 54.9 Å². The minimum atomic E-state index is 0.114. The number of nitrogens with zero attached hydrogens (tertiary/aromatic N) is 3. The zero-order chi connectivity index (χ0) is 15.4. The number of imidazole rings is 1. The summed E-state index contributed by atoms with van der Waals surface area (Å²) < 4.78 is 1.98. The lowest BCUT2D eigenvalue weighted by atomic mass is 10.2. The molecule has 22 heavy (non-hydrogen) atoms. The highest BCUT2D eigenvalue weighted by atomic mass is 16.3. The van der Waals surface area contributed by atoms with Crippen LogP contribution in [-0.2, 0) is 13.1 Å². The van der Waals surface area contributed by atoms with Crippen molar-refractivity contribution < 1.29 is 5.11 Å². The van der Waals surface area contributed by atoms with E-state index in [1.807, 2.05) is 47.1 Å². The number of aliphatic hydroxyl groups is 1. The van der Waals surface area contributed by atoms with Gasteiger partial charge in [0, 0.05) is 32.0 Å². The van der Waals surface area contributed by atoms with Gasteiger partial charge in [-0.05, 0) is 17.7 Å². The monoisotopic (exact) mass is 296 g/mol. The second-order valence-electron chi connectivity index (χ2n) is 5.22. The predicted octanol–water partition coefficient (Wildman–Crippen LogP) is 1.79. The molecule has 3 aromatic rings. The fourth-order valence-electron chi connectivity index (χ4n) is 2.54. The molecule has 0 aliphatic rings. The standard InChI is InChI=1S/C17H20N4O/c18-10-15-12-21-13-16(6-7-17(21)19-15)20(8-9-22)11-14-4-2-1-3-5-14/h1-7,12-13,22H,8-11,18H2. The Morgan fingerprint density at radius 2 is 1.91 bits per heavy atom. The van der Waals surface area contributed by atoms with Gasteiger partial charge in [-0.2, -0.15) is 0 Å². The van der Waals surface area contributed by atoms with Gasteiger partial charge in [-0.15, -0.1) is 0 Å². The Hall–Kier alpha value is -2.37. The first kappa shape index (κ1) is 14.6. The fraction of sp³-hybridized carbons (Fsp3) is 0.235. The predicted molar refractivity (Wildman–Crippen MR) is 87.7 cm³/mol. The summed E-state index contributed by atoms with van der Waals surface area (Å²) in [6.07, 6.45) is 3.97. The third kappa shape index (κ3) is 3.10. The average molecular weight is 296 g/mol. The van der Waals surface area contributed by atoms with Crippen molar-refractivity contribution >= 4 is 11.3 Å². The molecule has 1 aromatic carbocycles. The van der Waals surface area contributed by atoms with Crippen molar-refractivity contribution in [3.05, 3.63) is 66.1 Å². The zero-order valence-corrected chi connectivity index (χ0v) is 12.4. The van der Waals surface area contributed by atoms with E-state index in [0.29, 0.717) is 13.1 Å². The Morgan fingerprint density at radius 1 is 1.09 bits per heavy atom. The summed E-state index contributed by atoms with van der Waals surface area (Å²) in [5.41, 5.74) is 9.65. The first-order chi connectivity index (χ1) is 10.8. The molecule has 0 spiro atoms. The maximum atomic E-state index is 9.35. The van der Waals surface area contributed by atoms with E-state index in [9.17, 15) is 5.11 Å². The van der Waals surface area contributed by atoms with E-state index in [1.54, 1.807) is 0 Å². The zero-order valence-electron chi connectivity index (χ0n) is 12.4. The summed E-state index contributed by atoms with van der Waals surface area (Å²) in [7, 11) is 0. The molecule has 0 radical (unpaired) electrons. The van der Waals surface area contributed by atoms with Crippen molar-refractivity contribution in [2.75, 3.05) is 18.1 Å². The second-order valence-corrected chi connectivity index (χ2v) is 5.22. The molecule has 5 heteroatoms. The number of fused-ring (bicyclic) bond motifs is 1. The largest absolute Gasteiger partial charge is 0.395 e. The molecule has 0 unspecified atom stereocenters. The van der Waals surface area contributed by atoms with Gasteiger partial charge in [0.05, 0.1) is 18.0 Å². The molecule has 2 aromatic heterocycles. The van der Waals surface area contributed by atoms with Crippen molar-refractivity contribution in [2.24, 2.45) is 5.73 Å². The minimum absolute atomic E-state index is 0.114. The second kappa shape index (κ2) is 6.60. The summed E-state index contributed by atoms with van der Waals surface area (Å²) in [5.74, 6) is 0. The Balaban J connectivity index is 1.90. The molecule has 5 nitrogen and oxygen atoms in total. The van der Waals surface area contributed by atoms with Gasteiger partial charge in [0.1, 0.15) is 5.65 Å². The van der Waals surface area contributed by atoms with Crippen molar-refractivity contribution in [3.8, 4) is 0 Å². The highest BCUT2D eigenvalue weighted by Gasteiger charge is 2.09. The topological polar surface area (TPSA) is 66.8 Å². The maximum Gasteiger partial charge on any atom is 0.137 e. The van der Waals surface area contributed by atoms with Gasteiger partial charge in [-0.3, -0.25) is 0 Å². The van der Waals surface area contributed by atoms with Gasteiger partial charge < -0.3 is 20.1 Å². The number of nitrogens with two attached hydrogens (primary N) is 1. The van der Waals surface area contributed by atoms with E-state index in [0.717, 1.165) is 23.6 Å². The van der Waals surface area contributed by atoms with E-state index >= 15 is 0 Å². The molecule has 3 rings (SSSR count). The minimum Gasteiger partial charge on any atom is -0.395 e. The van der Waals surface area contributed by atoms with Crippen LogP contribution in [0.3, 0.4) is 0 Å². The van der Waals surface area contributed by atoms with Gasteiger partial charge in [-0.1, -0.05) is 30.3 Å². The fourth-order valence-corrected chi connectivity index (χ4v) is 2.54. The molecule has 0 fully saturated rings. The Morgan fingerprint density at radius 3 is 2.64 bits per heavy atom. The quantitative estimate of drug-likeness (QED) is 0.728. The summed E-state index contributed by atoms with van der Waals surface area (Å²) in [4.78, 5) is 6.58. The van der Waals surface area contributed by atoms with Crippen molar-refractivity contribution in [1.29, 1.82) is 0 Å². The highest BCUT2D eigenvalue weighted by Crippen LogP contribution is 2.18. The molecule has 0 saturated heterocycles. The van der Waals surface area contributed by atoms with Crippen LogP contribution in [0, 0.1) is 0 Å². The van der Waals surface area contributed by atoms with Crippen LogP contribution < -0.4 is 10.6 Å². The van der Waals surface area contributed by atoms with Crippen LogP contribution in [0.4, 0.5) is 5.69 Å². The molecule has 3 N–H and O–H groups in total. The Labute approximate surface area is 129 Å². The van der Waals surface area contributed by atoms with Gasteiger partial charge in [0.2, 0.25) is 0 Å². The van der Waals surface area contributed by atoms with E-state index in [-0.39, 0.29) is 6.61 Å². The smallest absolute Gasteiger partial charge is 0.137 e. The molecule has 2 heterocycles. The van der Waals surface area contributed by atoms with Crippen LogP contribution >= 0.6 is 0 Å². The van der Waals surface area contributed by atoms with E-state index < -0.39 is 0 Å². The lowest BCUT2D eigenvalue weighted by Gasteiger charge is -2.24. The van der Waals surface area contributed by atoms with Gasteiger partial charge in [-0.25, -0.2) is 4.98 Å². The first-order valence-corrected chi connectivity index (χ1v) is 7.37. The SMILES string of the molecule is NCc1cn2cc(N(CCO)Cc3ccccc3)ccc2n1. The summed E-state index contributed by atoms with van der Waals surface area (Å²) in [5, 5.41) is 9.35. The lowest BCUT2D eigenvalue weighted by Crippen LogP contribution is -2.26. The van der Waals surface area contributed by atoms with Crippen LogP contribution in [0.1, 0.15) is 11.3 Å². The number of aliphatic hydroxyl groups excluding tert-OH is 1. The molecule has 0 aliphatic heterocycles. The molecular weight excluding hydrogens is 276 g/mol. The van der Waals surface area contributed by atoms with Crippen molar-refractivity contribution in [3.63, 3.8) is 0 Å². The maximum absolute atomic E-state index is 9.35. The molecule has 114 valence electrons. The Kier molecular flexibility index (Phi) is 4.37. The first-order valence-electron chi connectivity index (χ1n) is 7.37. The number of hydrogen-bond donors (Lipinski definition) is 2. The highest BCUT2D eigenvalue weighted by molar-refractivity contribution is 5.53. The lowest BCUT2D eigenvalue weighted by molar-refractivity contribution is 0.301. The van der Waals surface area contributed by atoms with Crippen LogP contribution in [0.5, 0.6) is 0 Å². The number of rotatable bonds is 6. The number of pyridine rings is 1. The molecule has 0 aliphatic carbocycles. The normalized spacial score (nSPS) is 11.0. The molecule has 0 amide bonds. The number of aromatic nitrogens is 2. The van der Waals surface area contributed by atoms with Gasteiger partial charge in [0.15, 0.2) is 0 Å². The van der Waals surface area contributed by atoms with Gasteiger partial charge >= 0.3 is 0 Å². The number of hydrogen-bond acceptors (Lipinski definition) is 4. The average Bonchev–Trinajstić information content (AvgIpc) is 2.97. The van der Waals surface area contributed by atoms with E-state index in [1.165, 1.54) is 5.56 Å². The molecule has 0 bridgehead atoms. The van der Waals surface area contributed by atoms with Crippen LogP contribution in [0.2, 0.25) is 0 Å². The molecule has 0 atom stereocenters. The van der Waals surface area contributed by atoms with Crippen molar-refractivity contribution in [2.45, 2.75) is 13.1 Å². The summed E-state index contributed by atoms with van der Waals surface area (Å²) in [6.45, 7) is 1.88.